The van der Waals surface area contributed by atoms with Crippen molar-refractivity contribution >= 4 is 5.94 Å². The van der Waals surface area contributed by atoms with Crippen molar-refractivity contribution in [3.63, 3.8) is 0 Å². The van der Waals surface area contributed by atoms with Gasteiger partial charge in [-0.05, 0) is 18.2 Å². The molecule has 0 saturated heterocycles. The minimum absolute atomic E-state index is 0.235. The second kappa shape index (κ2) is 5.09. The van der Waals surface area contributed by atoms with Gasteiger partial charge in [0.25, 0.3) is 0 Å². The number of allylic oxidation sites excluding steroid dienone is 3. The van der Waals surface area contributed by atoms with Gasteiger partial charge in [-0.1, -0.05) is 0 Å². The van der Waals surface area contributed by atoms with E-state index in [2.05, 4.69) is 0 Å². The topological polar surface area (TPSA) is 87.6 Å². The Morgan fingerprint density at radius 2 is 2.25 bits per heavy atom. The fourth-order valence-electron chi connectivity index (χ4n) is 1.68. The van der Waals surface area contributed by atoms with Crippen LogP contribution in [-0.4, -0.2) is 38.3 Å². The van der Waals surface area contributed by atoms with Crippen molar-refractivity contribution < 1.29 is 14.3 Å². The molecule has 0 radical (unpaired) electrons. The molecule has 2 atom stereocenters. The van der Waals surface area contributed by atoms with E-state index in [1.54, 1.807) is 24.2 Å². The Balaban J connectivity index is 3.21. The van der Waals surface area contributed by atoms with E-state index in [9.17, 15) is 4.79 Å². The molecule has 0 amide bonds. The van der Waals surface area contributed by atoms with Gasteiger partial charge in [0.1, 0.15) is 11.7 Å². The highest BCUT2D eigenvalue weighted by atomic mass is 16.5. The summed E-state index contributed by atoms with van der Waals surface area (Å²) in [6.45, 7) is 0.235. The predicted octanol–water partition coefficient (Wildman–Crippen LogP) is -0.484. The zero-order valence-electron chi connectivity index (χ0n) is 9.40. The zero-order valence-corrected chi connectivity index (χ0v) is 9.40. The lowest BCUT2D eigenvalue weighted by Crippen LogP contribution is -2.54. The van der Waals surface area contributed by atoms with Gasteiger partial charge in [-0.25, -0.2) is 4.79 Å². The molecule has 0 spiro atoms. The summed E-state index contributed by atoms with van der Waals surface area (Å²) in [5.41, 5.74) is 10.9. The van der Waals surface area contributed by atoms with Crippen molar-refractivity contribution in [2.24, 2.45) is 11.5 Å². The standard InChI is InChI=1S/C11H16N2O3/c1-15-10-5-8(7-14)3-4-11(10,16-2)9(13)6-12/h3-5,9H,6,12-13H2,1-2H3/t9-,11+/m0/s1. The first kappa shape index (κ1) is 12.7. The molecule has 0 aromatic heterocycles. The molecule has 0 aromatic carbocycles. The van der Waals surface area contributed by atoms with Gasteiger partial charge in [0, 0.05) is 13.7 Å². The van der Waals surface area contributed by atoms with Crippen LogP contribution in [0.1, 0.15) is 0 Å². The van der Waals surface area contributed by atoms with Crippen LogP contribution >= 0.6 is 0 Å². The Morgan fingerprint density at radius 3 is 2.69 bits per heavy atom. The Hall–Kier alpha value is -1.39. The van der Waals surface area contributed by atoms with E-state index in [0.717, 1.165) is 0 Å². The van der Waals surface area contributed by atoms with Gasteiger partial charge in [0.05, 0.1) is 18.7 Å². The molecule has 0 aliphatic heterocycles. The highest BCUT2D eigenvalue weighted by Gasteiger charge is 2.40. The summed E-state index contributed by atoms with van der Waals surface area (Å²) in [5, 5.41) is 0. The summed E-state index contributed by atoms with van der Waals surface area (Å²) in [5.74, 6) is 2.24. The zero-order chi connectivity index (χ0) is 12.2. The molecular weight excluding hydrogens is 208 g/mol. The van der Waals surface area contributed by atoms with Crippen LogP contribution in [0.15, 0.2) is 29.6 Å². The lowest BCUT2D eigenvalue weighted by Gasteiger charge is -2.37. The highest BCUT2D eigenvalue weighted by molar-refractivity contribution is 5.65. The number of methoxy groups -OCH3 is 2. The van der Waals surface area contributed by atoms with Crippen molar-refractivity contribution in [1.29, 1.82) is 0 Å². The van der Waals surface area contributed by atoms with Gasteiger partial charge >= 0.3 is 0 Å². The maximum atomic E-state index is 10.5. The second-order valence-electron chi connectivity index (χ2n) is 3.44. The SMILES string of the molecule is COC1=CC(=C=O)C=C[C@@]1(OC)[C@@H](N)CN. The van der Waals surface area contributed by atoms with Gasteiger partial charge in [-0.2, -0.15) is 0 Å². The van der Waals surface area contributed by atoms with Gasteiger partial charge in [-0.3, -0.25) is 0 Å². The van der Waals surface area contributed by atoms with Crippen LogP contribution < -0.4 is 11.5 Å². The fraction of sp³-hybridized carbons (Fsp3) is 0.455. The minimum Gasteiger partial charge on any atom is -0.498 e. The number of hydrogen-bond acceptors (Lipinski definition) is 5. The molecule has 0 heterocycles. The summed E-state index contributed by atoms with van der Waals surface area (Å²) >= 11 is 0. The second-order valence-corrected chi connectivity index (χ2v) is 3.44. The molecule has 5 heteroatoms. The van der Waals surface area contributed by atoms with E-state index in [-0.39, 0.29) is 6.54 Å². The van der Waals surface area contributed by atoms with Crippen molar-refractivity contribution in [1.82, 2.24) is 0 Å². The smallest absolute Gasteiger partial charge is 0.159 e. The molecule has 16 heavy (non-hydrogen) atoms. The molecule has 4 N–H and O–H groups in total. The van der Waals surface area contributed by atoms with E-state index in [1.807, 2.05) is 0 Å². The van der Waals surface area contributed by atoms with Crippen molar-refractivity contribution in [2.45, 2.75) is 11.6 Å². The molecule has 88 valence electrons. The van der Waals surface area contributed by atoms with Gasteiger partial charge in [0.2, 0.25) is 0 Å². The van der Waals surface area contributed by atoms with Crippen molar-refractivity contribution in [3.05, 3.63) is 29.6 Å². The molecular formula is C11H16N2O3. The minimum atomic E-state index is -0.913. The Morgan fingerprint density at radius 1 is 1.56 bits per heavy atom. The van der Waals surface area contributed by atoms with Gasteiger partial charge in [-0.15, -0.1) is 0 Å². The highest BCUT2D eigenvalue weighted by Crippen LogP contribution is 2.31. The van der Waals surface area contributed by atoms with Crippen LogP contribution in [-0.2, 0) is 14.3 Å². The van der Waals surface area contributed by atoms with Crippen molar-refractivity contribution in [3.8, 4) is 0 Å². The molecule has 1 aliphatic rings. The first-order valence-corrected chi connectivity index (χ1v) is 4.86. The molecule has 0 bridgehead atoms. The average molecular weight is 224 g/mol. The third-order valence-electron chi connectivity index (χ3n) is 2.66. The van der Waals surface area contributed by atoms with Gasteiger partial charge in [0.15, 0.2) is 5.60 Å². The van der Waals surface area contributed by atoms with Crippen LogP contribution in [0.25, 0.3) is 0 Å². The first-order chi connectivity index (χ1) is 7.64. The third kappa shape index (κ3) is 1.94. The van der Waals surface area contributed by atoms with E-state index >= 15 is 0 Å². The van der Waals surface area contributed by atoms with E-state index in [4.69, 9.17) is 20.9 Å². The Kier molecular flexibility index (Phi) is 4.04. The van der Waals surface area contributed by atoms with Crippen LogP contribution in [0.4, 0.5) is 0 Å². The predicted molar refractivity (Wildman–Crippen MR) is 60.2 cm³/mol. The van der Waals surface area contributed by atoms with E-state index in [0.29, 0.717) is 11.3 Å². The van der Waals surface area contributed by atoms with Gasteiger partial charge < -0.3 is 20.9 Å². The maximum absolute atomic E-state index is 10.5. The molecule has 0 saturated carbocycles. The van der Waals surface area contributed by atoms with Crippen LogP contribution in [0.2, 0.25) is 0 Å². The monoisotopic (exact) mass is 224 g/mol. The molecule has 0 fully saturated rings. The average Bonchev–Trinajstić information content (AvgIpc) is 2.36. The fourth-order valence-corrected chi connectivity index (χ4v) is 1.68. The van der Waals surface area contributed by atoms with Crippen LogP contribution in [0.3, 0.4) is 0 Å². The lowest BCUT2D eigenvalue weighted by molar-refractivity contribution is 0.000287. The summed E-state index contributed by atoms with van der Waals surface area (Å²) in [6.07, 6.45) is 4.81. The van der Waals surface area contributed by atoms with Crippen molar-refractivity contribution in [2.75, 3.05) is 20.8 Å². The number of ether oxygens (including phenoxy) is 2. The summed E-state index contributed by atoms with van der Waals surface area (Å²) in [7, 11) is 3.01. The lowest BCUT2D eigenvalue weighted by atomic mass is 9.86. The molecule has 0 aromatic rings. The first-order valence-electron chi connectivity index (χ1n) is 4.86. The van der Waals surface area contributed by atoms with Crippen LogP contribution in [0, 0.1) is 0 Å². The maximum Gasteiger partial charge on any atom is 0.159 e. The molecule has 1 rings (SSSR count). The van der Waals surface area contributed by atoms with Crippen LogP contribution in [0.5, 0.6) is 0 Å². The Labute approximate surface area is 94.4 Å². The largest absolute Gasteiger partial charge is 0.498 e. The number of hydrogen-bond donors (Lipinski definition) is 2. The number of nitrogens with two attached hydrogens (primary N) is 2. The molecule has 5 nitrogen and oxygen atoms in total. The molecule has 1 aliphatic carbocycles. The third-order valence-corrected chi connectivity index (χ3v) is 2.66. The molecule has 0 unspecified atom stereocenters. The Bertz CT molecular complexity index is 369. The number of carbonyl (C=O) groups excluding carboxylic acids is 1. The normalized spacial score (nSPS) is 26.0. The van der Waals surface area contributed by atoms with E-state index < -0.39 is 11.6 Å². The summed E-state index contributed by atoms with van der Waals surface area (Å²) in [6, 6.07) is -0.451. The summed E-state index contributed by atoms with van der Waals surface area (Å²) in [4.78, 5) is 10.5. The summed E-state index contributed by atoms with van der Waals surface area (Å²) < 4.78 is 10.6. The van der Waals surface area contributed by atoms with E-state index in [1.165, 1.54) is 14.2 Å². The number of rotatable bonds is 4. The quantitative estimate of drug-likeness (QED) is 0.629.